The maximum Gasteiger partial charge on any atom is 0.409 e. The Morgan fingerprint density at radius 2 is 2.00 bits per heavy atom. The Hall–Kier alpha value is -1.73. The second-order valence-electron chi connectivity index (χ2n) is 5.24. The highest BCUT2D eigenvalue weighted by molar-refractivity contribution is 7.98. The molecule has 1 aliphatic rings. The Morgan fingerprint density at radius 1 is 1.30 bits per heavy atom. The SMILES string of the molecule is CCOC(=O)N1CCN([C@H](C(=O)O)c2cccc(SC)c2)CC1. The molecule has 0 aliphatic carbocycles. The van der Waals surface area contributed by atoms with Crippen LogP contribution in [0.1, 0.15) is 18.5 Å². The first-order chi connectivity index (χ1) is 11.1. The van der Waals surface area contributed by atoms with E-state index in [9.17, 15) is 14.7 Å². The Bertz CT molecular complexity index is 559. The second-order valence-corrected chi connectivity index (χ2v) is 6.12. The van der Waals surface area contributed by atoms with Crippen LogP contribution in [0.25, 0.3) is 0 Å². The molecule has 0 unspecified atom stereocenters. The van der Waals surface area contributed by atoms with Crippen LogP contribution in [0.5, 0.6) is 0 Å². The third-order valence-electron chi connectivity index (χ3n) is 3.85. The zero-order valence-corrected chi connectivity index (χ0v) is 14.2. The smallest absolute Gasteiger partial charge is 0.409 e. The minimum absolute atomic E-state index is 0.330. The van der Waals surface area contributed by atoms with Crippen molar-refractivity contribution in [2.24, 2.45) is 0 Å². The number of carboxylic acid groups (broad SMARTS) is 1. The molecule has 2 rings (SSSR count). The zero-order valence-electron chi connectivity index (χ0n) is 13.4. The molecule has 1 fully saturated rings. The van der Waals surface area contributed by atoms with Crippen LogP contribution < -0.4 is 0 Å². The Labute approximate surface area is 140 Å². The summed E-state index contributed by atoms with van der Waals surface area (Å²) < 4.78 is 4.99. The molecule has 0 spiro atoms. The molecule has 0 bridgehead atoms. The summed E-state index contributed by atoms with van der Waals surface area (Å²) >= 11 is 1.59. The van der Waals surface area contributed by atoms with Gasteiger partial charge in [0, 0.05) is 31.1 Å². The van der Waals surface area contributed by atoms with E-state index in [2.05, 4.69) is 0 Å². The van der Waals surface area contributed by atoms with Crippen molar-refractivity contribution in [1.29, 1.82) is 0 Å². The minimum Gasteiger partial charge on any atom is -0.480 e. The lowest BCUT2D eigenvalue weighted by molar-refractivity contribution is -0.144. The number of rotatable bonds is 5. The second kappa shape index (κ2) is 8.21. The van der Waals surface area contributed by atoms with Gasteiger partial charge in [-0.25, -0.2) is 4.79 Å². The van der Waals surface area contributed by atoms with Gasteiger partial charge in [-0.05, 0) is 30.9 Å². The summed E-state index contributed by atoms with van der Waals surface area (Å²) in [4.78, 5) is 28.1. The van der Waals surface area contributed by atoms with Crippen LogP contribution >= 0.6 is 11.8 Å². The number of hydrogen-bond donors (Lipinski definition) is 1. The number of carboxylic acids is 1. The summed E-state index contributed by atoms with van der Waals surface area (Å²) in [5.41, 5.74) is 0.772. The minimum atomic E-state index is -0.868. The van der Waals surface area contributed by atoms with E-state index in [4.69, 9.17) is 4.74 Å². The fraction of sp³-hybridized carbons (Fsp3) is 0.500. The highest BCUT2D eigenvalue weighted by atomic mass is 32.2. The average Bonchev–Trinajstić information content (AvgIpc) is 2.56. The predicted molar refractivity (Wildman–Crippen MR) is 88.8 cm³/mol. The average molecular weight is 338 g/mol. The normalized spacial score (nSPS) is 16.9. The maximum absolute atomic E-state index is 11.8. The molecule has 1 heterocycles. The molecular weight excluding hydrogens is 316 g/mol. The number of nitrogens with zero attached hydrogens (tertiary/aromatic N) is 2. The van der Waals surface area contributed by atoms with Gasteiger partial charge in [-0.2, -0.15) is 0 Å². The summed E-state index contributed by atoms with van der Waals surface area (Å²) in [5, 5.41) is 9.65. The van der Waals surface area contributed by atoms with E-state index in [1.165, 1.54) is 0 Å². The van der Waals surface area contributed by atoms with E-state index in [1.807, 2.05) is 35.4 Å². The van der Waals surface area contributed by atoms with Gasteiger partial charge in [-0.1, -0.05) is 12.1 Å². The molecule has 1 atom stereocenters. The first-order valence-electron chi connectivity index (χ1n) is 7.59. The molecule has 1 N–H and O–H groups in total. The van der Waals surface area contributed by atoms with Crippen molar-refractivity contribution in [3.8, 4) is 0 Å². The van der Waals surface area contributed by atoms with Crippen molar-refractivity contribution in [1.82, 2.24) is 9.80 Å². The molecule has 126 valence electrons. The summed E-state index contributed by atoms with van der Waals surface area (Å²) in [6, 6.07) is 6.92. The van der Waals surface area contributed by atoms with Crippen LogP contribution in [-0.2, 0) is 9.53 Å². The topological polar surface area (TPSA) is 70.1 Å². The molecule has 1 aromatic rings. The van der Waals surface area contributed by atoms with Crippen LogP contribution in [-0.4, -0.2) is 66.0 Å². The number of hydrogen-bond acceptors (Lipinski definition) is 5. The first-order valence-corrected chi connectivity index (χ1v) is 8.81. The van der Waals surface area contributed by atoms with E-state index in [0.717, 1.165) is 10.5 Å². The highest BCUT2D eigenvalue weighted by Gasteiger charge is 2.31. The number of thioether (sulfide) groups is 1. The van der Waals surface area contributed by atoms with Crippen molar-refractivity contribution < 1.29 is 19.4 Å². The molecule has 0 radical (unpaired) electrons. The molecule has 6 nitrogen and oxygen atoms in total. The third-order valence-corrected chi connectivity index (χ3v) is 4.57. The van der Waals surface area contributed by atoms with E-state index in [-0.39, 0.29) is 6.09 Å². The summed E-state index contributed by atoms with van der Waals surface area (Å²) in [5.74, 6) is -0.868. The van der Waals surface area contributed by atoms with Gasteiger partial charge in [-0.15, -0.1) is 11.8 Å². The van der Waals surface area contributed by atoms with Gasteiger partial charge in [0.1, 0.15) is 6.04 Å². The molecule has 1 saturated heterocycles. The number of benzene rings is 1. The number of carbonyl (C=O) groups is 2. The molecule has 0 saturated carbocycles. The van der Waals surface area contributed by atoms with Gasteiger partial charge in [-0.3, -0.25) is 9.69 Å². The monoisotopic (exact) mass is 338 g/mol. The highest BCUT2D eigenvalue weighted by Crippen LogP contribution is 2.26. The number of amides is 1. The summed E-state index contributed by atoms with van der Waals surface area (Å²) in [7, 11) is 0. The molecule has 0 aromatic heterocycles. The zero-order chi connectivity index (χ0) is 16.8. The van der Waals surface area contributed by atoms with Crippen LogP contribution in [0.2, 0.25) is 0 Å². The fourth-order valence-corrected chi connectivity index (χ4v) is 3.17. The molecule has 1 aliphatic heterocycles. The molecule has 7 heteroatoms. The van der Waals surface area contributed by atoms with E-state index >= 15 is 0 Å². The van der Waals surface area contributed by atoms with E-state index < -0.39 is 12.0 Å². The number of ether oxygens (including phenoxy) is 1. The van der Waals surface area contributed by atoms with Gasteiger partial charge in [0.15, 0.2) is 0 Å². The van der Waals surface area contributed by atoms with Crippen LogP contribution in [0, 0.1) is 0 Å². The van der Waals surface area contributed by atoms with Crippen molar-refractivity contribution in [2.75, 3.05) is 39.0 Å². The Kier molecular flexibility index (Phi) is 6.29. The Balaban J connectivity index is 2.08. The molecule has 1 amide bonds. The largest absolute Gasteiger partial charge is 0.480 e. The summed E-state index contributed by atoms with van der Waals surface area (Å²) in [6.45, 7) is 4.10. The van der Waals surface area contributed by atoms with Crippen molar-refractivity contribution in [3.05, 3.63) is 29.8 Å². The van der Waals surface area contributed by atoms with Gasteiger partial charge < -0.3 is 14.7 Å². The van der Waals surface area contributed by atoms with Crippen molar-refractivity contribution in [2.45, 2.75) is 17.9 Å². The Morgan fingerprint density at radius 3 is 2.57 bits per heavy atom. The van der Waals surface area contributed by atoms with E-state index in [1.54, 1.807) is 23.6 Å². The van der Waals surface area contributed by atoms with Crippen LogP contribution in [0.3, 0.4) is 0 Å². The lowest BCUT2D eigenvalue weighted by atomic mass is 10.0. The quantitative estimate of drug-likeness (QED) is 0.831. The van der Waals surface area contributed by atoms with Gasteiger partial charge in [0.25, 0.3) is 0 Å². The summed E-state index contributed by atoms with van der Waals surface area (Å²) in [6.07, 6.45) is 1.64. The van der Waals surface area contributed by atoms with Gasteiger partial charge >= 0.3 is 12.1 Å². The van der Waals surface area contributed by atoms with Crippen LogP contribution in [0.4, 0.5) is 4.79 Å². The maximum atomic E-state index is 11.8. The van der Waals surface area contributed by atoms with E-state index in [0.29, 0.717) is 32.8 Å². The molecular formula is C16H22N2O4S. The van der Waals surface area contributed by atoms with Crippen molar-refractivity contribution >= 4 is 23.8 Å². The first kappa shape index (κ1) is 17.6. The molecule has 23 heavy (non-hydrogen) atoms. The number of piperazine rings is 1. The lowest BCUT2D eigenvalue weighted by Gasteiger charge is -2.37. The molecule has 1 aromatic carbocycles. The van der Waals surface area contributed by atoms with Gasteiger partial charge in [0.05, 0.1) is 6.61 Å². The fourth-order valence-electron chi connectivity index (χ4n) is 2.70. The predicted octanol–water partition coefficient (Wildman–Crippen LogP) is 2.31. The number of aliphatic carboxylic acids is 1. The van der Waals surface area contributed by atoms with Crippen LogP contribution in [0.15, 0.2) is 29.2 Å². The van der Waals surface area contributed by atoms with Crippen molar-refractivity contribution in [3.63, 3.8) is 0 Å². The standard InChI is InChI=1S/C16H22N2O4S/c1-3-22-16(21)18-9-7-17(8-10-18)14(15(19)20)12-5-4-6-13(11-12)23-2/h4-6,11,14H,3,7-10H2,1-2H3,(H,19,20)/t14-/m0/s1. The number of carbonyl (C=O) groups excluding carboxylic acids is 1. The van der Waals surface area contributed by atoms with Gasteiger partial charge in [0.2, 0.25) is 0 Å². The lowest BCUT2D eigenvalue weighted by Crippen LogP contribution is -2.51. The third kappa shape index (κ3) is 4.39.